The molecule has 0 heterocycles. The molecule has 5 nitrogen and oxygen atoms in total. The number of halogens is 6. The van der Waals surface area contributed by atoms with Crippen LogP contribution in [0.15, 0.2) is 18.2 Å². The van der Waals surface area contributed by atoms with E-state index in [-0.39, 0.29) is 36.5 Å². The number of nitrogens with one attached hydrogen (secondary N) is 3. The molecule has 0 spiro atoms. The van der Waals surface area contributed by atoms with Crippen LogP contribution in [0.3, 0.4) is 0 Å². The van der Waals surface area contributed by atoms with Gasteiger partial charge in [0, 0.05) is 17.6 Å². The van der Waals surface area contributed by atoms with E-state index in [2.05, 4.69) is 16.0 Å². The SMILES string of the molecule is CC(C)(C)NC(=O)CNC[C@H]1CC[C@H](CNC(=O)c2cc(C(F)(F)F)cc(C(F)(F)F)c2)CC1. The van der Waals surface area contributed by atoms with Crippen LogP contribution in [0.4, 0.5) is 26.3 Å². The van der Waals surface area contributed by atoms with E-state index in [4.69, 9.17) is 0 Å². The van der Waals surface area contributed by atoms with E-state index >= 15 is 0 Å². The molecule has 1 aromatic carbocycles. The largest absolute Gasteiger partial charge is 0.416 e. The molecule has 1 saturated carbocycles. The average molecular weight is 496 g/mol. The van der Waals surface area contributed by atoms with Crippen molar-refractivity contribution >= 4 is 11.8 Å². The summed E-state index contributed by atoms with van der Waals surface area (Å²) in [4.78, 5) is 24.2. The summed E-state index contributed by atoms with van der Waals surface area (Å²) in [7, 11) is 0. The van der Waals surface area contributed by atoms with Gasteiger partial charge in [0.05, 0.1) is 17.7 Å². The highest BCUT2D eigenvalue weighted by atomic mass is 19.4. The Kier molecular flexibility index (Phi) is 9.01. The van der Waals surface area contributed by atoms with Crippen molar-refractivity contribution in [3.63, 3.8) is 0 Å². The molecule has 0 aliphatic heterocycles. The van der Waals surface area contributed by atoms with Crippen LogP contribution in [0.25, 0.3) is 0 Å². The van der Waals surface area contributed by atoms with Gasteiger partial charge in [0.15, 0.2) is 0 Å². The minimum atomic E-state index is -5.00. The zero-order chi connectivity index (χ0) is 25.7. The minimum absolute atomic E-state index is 0.00114. The van der Waals surface area contributed by atoms with Crippen LogP contribution in [0.2, 0.25) is 0 Å². The van der Waals surface area contributed by atoms with Crippen molar-refractivity contribution in [2.24, 2.45) is 11.8 Å². The summed E-state index contributed by atoms with van der Waals surface area (Å²) in [5.74, 6) is -0.623. The van der Waals surface area contributed by atoms with Gasteiger partial charge in [-0.15, -0.1) is 0 Å². The highest BCUT2D eigenvalue weighted by Crippen LogP contribution is 2.36. The second kappa shape index (κ2) is 11.0. The summed E-state index contributed by atoms with van der Waals surface area (Å²) in [5, 5.41) is 8.47. The number of alkyl halides is 6. The van der Waals surface area contributed by atoms with Crippen molar-refractivity contribution in [1.29, 1.82) is 0 Å². The van der Waals surface area contributed by atoms with Gasteiger partial charge < -0.3 is 16.0 Å². The Labute approximate surface area is 195 Å². The molecule has 3 N–H and O–H groups in total. The predicted molar refractivity (Wildman–Crippen MR) is 115 cm³/mol. The van der Waals surface area contributed by atoms with Crippen molar-refractivity contribution in [2.45, 2.75) is 64.3 Å². The molecule has 0 aromatic heterocycles. The molecular formula is C23H31F6N3O2. The summed E-state index contributed by atoms with van der Waals surface area (Å²) < 4.78 is 77.9. The van der Waals surface area contributed by atoms with E-state index in [9.17, 15) is 35.9 Å². The predicted octanol–water partition coefficient (Wildman–Crippen LogP) is 4.76. The highest BCUT2D eigenvalue weighted by Gasteiger charge is 2.37. The van der Waals surface area contributed by atoms with Gasteiger partial charge >= 0.3 is 12.4 Å². The molecule has 2 amide bonds. The Balaban J connectivity index is 1.83. The van der Waals surface area contributed by atoms with Crippen LogP contribution in [-0.4, -0.2) is 37.0 Å². The molecule has 11 heteroatoms. The molecule has 0 bridgehead atoms. The van der Waals surface area contributed by atoms with Gasteiger partial charge in [-0.3, -0.25) is 9.59 Å². The van der Waals surface area contributed by atoms with E-state index in [0.29, 0.717) is 24.6 Å². The second-order valence-electron chi connectivity index (χ2n) is 9.82. The van der Waals surface area contributed by atoms with Crippen LogP contribution < -0.4 is 16.0 Å². The fraction of sp³-hybridized carbons (Fsp3) is 0.652. The number of amides is 2. The summed E-state index contributed by atoms with van der Waals surface area (Å²) in [6.45, 7) is 6.74. The minimum Gasteiger partial charge on any atom is -0.352 e. The van der Waals surface area contributed by atoms with Crippen LogP contribution >= 0.6 is 0 Å². The van der Waals surface area contributed by atoms with E-state index in [1.54, 1.807) is 0 Å². The third kappa shape index (κ3) is 9.15. The molecule has 0 atom stereocenters. The van der Waals surface area contributed by atoms with Crippen molar-refractivity contribution in [2.75, 3.05) is 19.6 Å². The van der Waals surface area contributed by atoms with E-state index in [1.807, 2.05) is 20.8 Å². The van der Waals surface area contributed by atoms with Gasteiger partial charge in [-0.05, 0) is 83.0 Å². The molecule has 192 valence electrons. The molecule has 1 fully saturated rings. The topological polar surface area (TPSA) is 70.2 Å². The maximum absolute atomic E-state index is 13.0. The van der Waals surface area contributed by atoms with Gasteiger partial charge in [0.25, 0.3) is 5.91 Å². The van der Waals surface area contributed by atoms with Crippen LogP contribution in [-0.2, 0) is 17.1 Å². The molecule has 0 unspecified atom stereocenters. The Morgan fingerprint density at radius 1 is 0.824 bits per heavy atom. The van der Waals surface area contributed by atoms with Crippen LogP contribution in [0, 0.1) is 11.8 Å². The molecule has 0 saturated heterocycles. The Morgan fingerprint density at radius 3 is 1.74 bits per heavy atom. The first-order valence-corrected chi connectivity index (χ1v) is 11.1. The van der Waals surface area contributed by atoms with Crippen LogP contribution in [0.1, 0.15) is 67.9 Å². The van der Waals surface area contributed by atoms with Gasteiger partial charge in [-0.1, -0.05) is 0 Å². The summed E-state index contributed by atoms with van der Waals surface area (Å²) in [6.07, 6.45) is -6.80. The Bertz CT molecular complexity index is 821. The summed E-state index contributed by atoms with van der Waals surface area (Å²) in [6, 6.07) is 0.866. The fourth-order valence-corrected chi connectivity index (χ4v) is 3.92. The molecule has 2 rings (SSSR count). The summed E-state index contributed by atoms with van der Waals surface area (Å²) in [5.41, 5.74) is -4.01. The van der Waals surface area contributed by atoms with E-state index in [1.165, 1.54) is 0 Å². The van der Waals surface area contributed by atoms with Crippen molar-refractivity contribution in [1.82, 2.24) is 16.0 Å². The van der Waals surface area contributed by atoms with Crippen LogP contribution in [0.5, 0.6) is 0 Å². The van der Waals surface area contributed by atoms with Crippen molar-refractivity contribution in [3.05, 3.63) is 34.9 Å². The number of hydrogen-bond donors (Lipinski definition) is 3. The highest BCUT2D eigenvalue weighted by molar-refractivity contribution is 5.94. The lowest BCUT2D eigenvalue weighted by Crippen LogP contribution is -2.45. The lowest BCUT2D eigenvalue weighted by atomic mass is 9.82. The monoisotopic (exact) mass is 495 g/mol. The smallest absolute Gasteiger partial charge is 0.352 e. The molecule has 1 aliphatic rings. The number of hydrogen-bond acceptors (Lipinski definition) is 3. The summed E-state index contributed by atoms with van der Waals surface area (Å²) >= 11 is 0. The Hall–Kier alpha value is -2.30. The van der Waals surface area contributed by atoms with E-state index < -0.39 is 35.0 Å². The molecule has 0 radical (unpaired) electrons. The second-order valence-corrected chi connectivity index (χ2v) is 9.82. The first-order valence-electron chi connectivity index (χ1n) is 11.1. The fourth-order valence-electron chi connectivity index (χ4n) is 3.92. The molecular weight excluding hydrogens is 464 g/mol. The zero-order valence-corrected chi connectivity index (χ0v) is 19.4. The maximum Gasteiger partial charge on any atom is 0.416 e. The van der Waals surface area contributed by atoms with Gasteiger partial charge in [0.1, 0.15) is 0 Å². The third-order valence-electron chi connectivity index (χ3n) is 5.60. The van der Waals surface area contributed by atoms with Gasteiger partial charge in [-0.2, -0.15) is 26.3 Å². The number of rotatable bonds is 7. The molecule has 1 aliphatic carbocycles. The first-order chi connectivity index (χ1) is 15.5. The normalized spacial score (nSPS) is 19.6. The van der Waals surface area contributed by atoms with Gasteiger partial charge in [-0.25, -0.2) is 0 Å². The lowest BCUT2D eigenvalue weighted by molar-refractivity contribution is -0.143. The number of carbonyl (C=O) groups excluding carboxylic acids is 2. The molecule has 34 heavy (non-hydrogen) atoms. The molecule has 1 aromatic rings. The lowest BCUT2D eigenvalue weighted by Gasteiger charge is -2.29. The van der Waals surface area contributed by atoms with Crippen molar-refractivity contribution < 1.29 is 35.9 Å². The van der Waals surface area contributed by atoms with Gasteiger partial charge in [0.2, 0.25) is 5.91 Å². The quantitative estimate of drug-likeness (QED) is 0.478. The zero-order valence-electron chi connectivity index (χ0n) is 19.4. The Morgan fingerprint density at radius 2 is 1.29 bits per heavy atom. The standard InChI is InChI=1S/C23H31F6N3O2/c1-21(2,3)32-19(33)13-30-11-14-4-6-15(7-5-14)12-31-20(34)16-8-17(22(24,25)26)10-18(9-16)23(27,28)29/h8-10,14-15,30H,4-7,11-13H2,1-3H3,(H,31,34)(H,32,33)/t14-,15-. The number of carbonyl (C=O) groups is 2. The average Bonchev–Trinajstić information content (AvgIpc) is 2.70. The maximum atomic E-state index is 13.0. The third-order valence-corrected chi connectivity index (χ3v) is 5.60. The van der Waals surface area contributed by atoms with Crippen molar-refractivity contribution in [3.8, 4) is 0 Å². The van der Waals surface area contributed by atoms with E-state index in [0.717, 1.165) is 25.7 Å². The number of benzene rings is 1. The first kappa shape index (κ1) is 27.9.